The zero-order valence-electron chi connectivity index (χ0n) is 12.2. The molecule has 0 spiro atoms. The number of hydrogen-bond donors (Lipinski definition) is 0. The first-order valence-corrected chi connectivity index (χ1v) is 6.72. The standard InChI is InChI=1S/C15H32/c1-9-15(7,8)14(6)13(5)10-12(4)11(2)3/h11-14H,9-10H2,1-8H3. The van der Waals surface area contributed by atoms with Crippen molar-refractivity contribution in [2.75, 3.05) is 0 Å². The first-order valence-electron chi connectivity index (χ1n) is 6.72. The summed E-state index contributed by atoms with van der Waals surface area (Å²) in [4.78, 5) is 0. The lowest BCUT2D eigenvalue weighted by Crippen LogP contribution is -2.28. The van der Waals surface area contributed by atoms with Crippen molar-refractivity contribution in [3.05, 3.63) is 0 Å². The van der Waals surface area contributed by atoms with Crippen LogP contribution in [0.5, 0.6) is 0 Å². The van der Waals surface area contributed by atoms with Crippen LogP contribution in [0.3, 0.4) is 0 Å². The summed E-state index contributed by atoms with van der Waals surface area (Å²) in [6.45, 7) is 19.1. The highest BCUT2D eigenvalue weighted by atomic mass is 14.3. The van der Waals surface area contributed by atoms with Crippen LogP contribution in [0.15, 0.2) is 0 Å². The van der Waals surface area contributed by atoms with Crippen LogP contribution in [0.1, 0.15) is 68.2 Å². The molecule has 0 heteroatoms. The summed E-state index contributed by atoms with van der Waals surface area (Å²) in [5.41, 5.74) is 0.496. The Kier molecular flexibility index (Phi) is 5.92. The van der Waals surface area contributed by atoms with Crippen molar-refractivity contribution in [3.8, 4) is 0 Å². The van der Waals surface area contributed by atoms with Gasteiger partial charge in [-0.05, 0) is 35.5 Å². The molecule has 0 aromatic rings. The first kappa shape index (κ1) is 15.0. The molecule has 3 atom stereocenters. The van der Waals surface area contributed by atoms with Gasteiger partial charge in [-0.1, -0.05) is 61.8 Å². The average Bonchev–Trinajstić information content (AvgIpc) is 2.16. The molecule has 0 rings (SSSR count). The smallest absolute Gasteiger partial charge is 0.0329 e. The fourth-order valence-electron chi connectivity index (χ4n) is 2.15. The topological polar surface area (TPSA) is 0 Å². The van der Waals surface area contributed by atoms with E-state index in [1.54, 1.807) is 0 Å². The van der Waals surface area contributed by atoms with Crippen molar-refractivity contribution < 1.29 is 0 Å². The highest BCUT2D eigenvalue weighted by molar-refractivity contribution is 4.79. The highest BCUT2D eigenvalue weighted by Gasteiger charge is 2.29. The second kappa shape index (κ2) is 5.92. The summed E-state index contributed by atoms with van der Waals surface area (Å²) >= 11 is 0. The molecule has 0 fully saturated rings. The van der Waals surface area contributed by atoms with Gasteiger partial charge in [0.1, 0.15) is 0 Å². The predicted octanol–water partition coefficient (Wildman–Crippen LogP) is 5.38. The molecule has 0 nitrogen and oxygen atoms in total. The van der Waals surface area contributed by atoms with Crippen LogP contribution in [0.4, 0.5) is 0 Å². The van der Waals surface area contributed by atoms with E-state index in [1.807, 2.05) is 0 Å². The zero-order chi connectivity index (χ0) is 12.2. The number of hydrogen-bond acceptors (Lipinski definition) is 0. The van der Waals surface area contributed by atoms with E-state index >= 15 is 0 Å². The summed E-state index contributed by atoms with van der Waals surface area (Å²) in [7, 11) is 0. The Labute approximate surface area is 97.8 Å². The summed E-state index contributed by atoms with van der Waals surface area (Å²) in [6, 6.07) is 0. The van der Waals surface area contributed by atoms with Crippen LogP contribution in [-0.2, 0) is 0 Å². The molecule has 0 saturated carbocycles. The molecular formula is C15H32. The summed E-state index contributed by atoms with van der Waals surface area (Å²) in [5.74, 6) is 3.35. The Morgan fingerprint density at radius 2 is 1.33 bits per heavy atom. The van der Waals surface area contributed by atoms with E-state index in [2.05, 4.69) is 55.4 Å². The van der Waals surface area contributed by atoms with Crippen molar-refractivity contribution in [1.82, 2.24) is 0 Å². The summed E-state index contributed by atoms with van der Waals surface area (Å²) < 4.78 is 0. The van der Waals surface area contributed by atoms with Gasteiger partial charge in [0.25, 0.3) is 0 Å². The Bertz CT molecular complexity index is 167. The maximum Gasteiger partial charge on any atom is -0.0329 e. The van der Waals surface area contributed by atoms with Crippen molar-refractivity contribution >= 4 is 0 Å². The molecule has 0 N–H and O–H groups in total. The van der Waals surface area contributed by atoms with E-state index in [9.17, 15) is 0 Å². The van der Waals surface area contributed by atoms with Crippen molar-refractivity contribution in [1.29, 1.82) is 0 Å². The van der Waals surface area contributed by atoms with Gasteiger partial charge < -0.3 is 0 Å². The van der Waals surface area contributed by atoms with E-state index in [0.29, 0.717) is 5.41 Å². The molecule has 92 valence electrons. The quantitative estimate of drug-likeness (QED) is 0.554. The van der Waals surface area contributed by atoms with Gasteiger partial charge in [0.05, 0.1) is 0 Å². The molecule has 0 aliphatic heterocycles. The van der Waals surface area contributed by atoms with E-state index in [4.69, 9.17) is 0 Å². The second-order valence-electron chi connectivity index (χ2n) is 6.57. The Morgan fingerprint density at radius 3 is 1.67 bits per heavy atom. The van der Waals surface area contributed by atoms with Gasteiger partial charge in [-0.25, -0.2) is 0 Å². The van der Waals surface area contributed by atoms with Gasteiger partial charge >= 0.3 is 0 Å². The van der Waals surface area contributed by atoms with Crippen LogP contribution in [-0.4, -0.2) is 0 Å². The van der Waals surface area contributed by atoms with Crippen LogP contribution in [0, 0.1) is 29.1 Å². The molecule has 0 aromatic heterocycles. The van der Waals surface area contributed by atoms with Crippen LogP contribution < -0.4 is 0 Å². The Balaban J connectivity index is 4.27. The van der Waals surface area contributed by atoms with Gasteiger partial charge in [-0.3, -0.25) is 0 Å². The fourth-order valence-corrected chi connectivity index (χ4v) is 2.15. The molecule has 0 heterocycles. The molecular weight excluding hydrogens is 180 g/mol. The lowest BCUT2D eigenvalue weighted by Gasteiger charge is -2.36. The normalized spacial score (nSPS) is 19.0. The molecule has 3 unspecified atom stereocenters. The maximum atomic E-state index is 2.43. The summed E-state index contributed by atoms with van der Waals surface area (Å²) in [5, 5.41) is 0. The SMILES string of the molecule is CCC(C)(C)C(C)C(C)CC(C)C(C)C. The molecule has 0 aliphatic rings. The molecule has 0 aromatic carbocycles. The molecule has 15 heavy (non-hydrogen) atoms. The van der Waals surface area contributed by atoms with Crippen molar-refractivity contribution in [3.63, 3.8) is 0 Å². The molecule has 0 bridgehead atoms. The second-order valence-corrected chi connectivity index (χ2v) is 6.57. The monoisotopic (exact) mass is 212 g/mol. The Morgan fingerprint density at radius 1 is 0.867 bits per heavy atom. The van der Waals surface area contributed by atoms with E-state index in [0.717, 1.165) is 23.7 Å². The van der Waals surface area contributed by atoms with E-state index < -0.39 is 0 Å². The molecule has 0 amide bonds. The molecule has 0 saturated heterocycles. The van der Waals surface area contributed by atoms with Gasteiger partial charge in [0, 0.05) is 0 Å². The van der Waals surface area contributed by atoms with Crippen LogP contribution >= 0.6 is 0 Å². The minimum absolute atomic E-state index is 0.496. The number of rotatable bonds is 6. The lowest BCUT2D eigenvalue weighted by atomic mass is 9.69. The van der Waals surface area contributed by atoms with Gasteiger partial charge in [0.15, 0.2) is 0 Å². The maximum absolute atomic E-state index is 2.43. The molecule has 0 aliphatic carbocycles. The average molecular weight is 212 g/mol. The lowest BCUT2D eigenvalue weighted by molar-refractivity contribution is 0.135. The summed E-state index contributed by atoms with van der Waals surface area (Å²) in [6.07, 6.45) is 2.66. The van der Waals surface area contributed by atoms with Crippen LogP contribution in [0.25, 0.3) is 0 Å². The minimum Gasteiger partial charge on any atom is -0.0649 e. The fraction of sp³-hybridized carbons (Fsp3) is 1.00. The van der Waals surface area contributed by atoms with Crippen molar-refractivity contribution in [2.45, 2.75) is 68.2 Å². The third-order valence-corrected chi connectivity index (χ3v) is 4.88. The van der Waals surface area contributed by atoms with E-state index in [-0.39, 0.29) is 0 Å². The zero-order valence-corrected chi connectivity index (χ0v) is 12.2. The Hall–Kier alpha value is 0. The third kappa shape index (κ3) is 4.57. The molecule has 0 radical (unpaired) electrons. The van der Waals surface area contributed by atoms with Crippen molar-refractivity contribution in [2.24, 2.45) is 29.1 Å². The van der Waals surface area contributed by atoms with E-state index in [1.165, 1.54) is 12.8 Å². The van der Waals surface area contributed by atoms with Crippen LogP contribution in [0.2, 0.25) is 0 Å². The largest absolute Gasteiger partial charge is 0.0649 e. The highest BCUT2D eigenvalue weighted by Crippen LogP contribution is 2.38. The minimum atomic E-state index is 0.496. The van der Waals surface area contributed by atoms with Gasteiger partial charge in [-0.15, -0.1) is 0 Å². The van der Waals surface area contributed by atoms with Gasteiger partial charge in [0.2, 0.25) is 0 Å². The first-order chi connectivity index (χ1) is 6.72. The van der Waals surface area contributed by atoms with Gasteiger partial charge in [-0.2, -0.15) is 0 Å². The predicted molar refractivity (Wildman–Crippen MR) is 71.0 cm³/mol. The third-order valence-electron chi connectivity index (χ3n) is 4.88.